The maximum atomic E-state index is 10.0. The summed E-state index contributed by atoms with van der Waals surface area (Å²) in [5, 5.41) is 10.0. The number of phenolic OH excluding ortho intramolecular Hbond substituents is 1. The lowest BCUT2D eigenvalue weighted by Crippen LogP contribution is -2.35. The maximum absolute atomic E-state index is 10.0. The number of fused-ring (bicyclic) bond motifs is 1. The predicted octanol–water partition coefficient (Wildman–Crippen LogP) is 3.03. The van der Waals surface area contributed by atoms with E-state index in [-0.39, 0.29) is 0 Å². The second kappa shape index (κ2) is 3.70. The summed E-state index contributed by atoms with van der Waals surface area (Å²) >= 11 is 0. The Morgan fingerprint density at radius 2 is 1.88 bits per heavy atom. The number of ether oxygens (including phenoxy) is 1. The van der Waals surface area contributed by atoms with Gasteiger partial charge in [-0.25, -0.2) is 0 Å². The summed E-state index contributed by atoms with van der Waals surface area (Å²) < 4.78 is 5.97. The number of phenols is 1. The van der Waals surface area contributed by atoms with Gasteiger partial charge in [0.05, 0.1) is 0 Å². The zero-order chi connectivity index (χ0) is 12.8. The molecule has 0 saturated heterocycles. The first-order valence-electron chi connectivity index (χ1n) is 5.88. The molecule has 0 spiro atoms. The molecule has 1 aromatic carbocycles. The molecule has 1 aliphatic heterocycles. The molecule has 0 bridgehead atoms. The largest absolute Gasteiger partial charge is 0.507 e. The Hall–Kier alpha value is -1.62. The fourth-order valence-electron chi connectivity index (χ4n) is 2.35. The molecule has 90 valence electrons. The summed E-state index contributed by atoms with van der Waals surface area (Å²) in [4.78, 5) is 0. The highest BCUT2D eigenvalue weighted by molar-refractivity contribution is 5.58. The number of hydrogen-bond donors (Lipinski definition) is 1. The van der Waals surface area contributed by atoms with Crippen LogP contribution in [0.1, 0.15) is 35.6 Å². The predicted molar refractivity (Wildman–Crippen MR) is 68.5 cm³/mol. The van der Waals surface area contributed by atoms with Gasteiger partial charge in [-0.3, -0.25) is 0 Å². The quantitative estimate of drug-likeness (QED) is 0.694. The Kier molecular flexibility index (Phi) is 2.58. The van der Waals surface area contributed by atoms with Crippen molar-refractivity contribution in [2.75, 3.05) is 0 Å². The number of rotatable bonds is 0. The van der Waals surface area contributed by atoms with Crippen LogP contribution in [0.15, 0.2) is 0 Å². The van der Waals surface area contributed by atoms with Crippen molar-refractivity contribution in [3.05, 3.63) is 22.3 Å². The molecule has 0 aliphatic carbocycles. The van der Waals surface area contributed by atoms with Gasteiger partial charge in [0.15, 0.2) is 5.60 Å². The lowest BCUT2D eigenvalue weighted by molar-refractivity contribution is 0.122. The van der Waals surface area contributed by atoms with E-state index in [1.807, 2.05) is 27.7 Å². The normalized spacial score (nSPS) is 22.5. The number of hydrogen-bond acceptors (Lipinski definition) is 2. The lowest BCUT2D eigenvalue weighted by Gasteiger charge is -2.34. The second-order valence-electron chi connectivity index (χ2n) is 5.01. The van der Waals surface area contributed by atoms with Gasteiger partial charge in [-0.05, 0) is 50.8 Å². The topological polar surface area (TPSA) is 29.5 Å². The monoisotopic (exact) mass is 230 g/mol. The van der Waals surface area contributed by atoms with Gasteiger partial charge in [0.1, 0.15) is 11.5 Å². The third-order valence-corrected chi connectivity index (χ3v) is 3.82. The van der Waals surface area contributed by atoms with Gasteiger partial charge in [-0.2, -0.15) is 0 Å². The van der Waals surface area contributed by atoms with Crippen LogP contribution < -0.4 is 4.74 Å². The van der Waals surface area contributed by atoms with Gasteiger partial charge < -0.3 is 9.84 Å². The minimum Gasteiger partial charge on any atom is -0.507 e. The molecular weight excluding hydrogens is 212 g/mol. The molecule has 0 amide bonds. The molecule has 0 unspecified atom stereocenters. The summed E-state index contributed by atoms with van der Waals surface area (Å²) in [6.07, 6.45) is 7.17. The Bertz CT molecular complexity index is 523. The van der Waals surface area contributed by atoms with Crippen LogP contribution >= 0.6 is 0 Å². The van der Waals surface area contributed by atoms with Crippen molar-refractivity contribution in [3.8, 4) is 23.8 Å². The van der Waals surface area contributed by atoms with Gasteiger partial charge in [-0.15, -0.1) is 6.42 Å². The summed E-state index contributed by atoms with van der Waals surface area (Å²) in [5.41, 5.74) is 3.36. The van der Waals surface area contributed by atoms with E-state index in [4.69, 9.17) is 11.2 Å². The third-order valence-electron chi connectivity index (χ3n) is 3.82. The fraction of sp³-hybridized carbons (Fsp3) is 0.467. The van der Waals surface area contributed by atoms with Crippen LogP contribution in [0.5, 0.6) is 11.5 Å². The summed E-state index contributed by atoms with van der Waals surface area (Å²) in [7, 11) is 0. The standard InChI is InChI=1S/C15H18O2/c1-6-15(5)8-7-12-11(4)13(16)9(2)10(3)14(12)17-15/h1,16H,7-8H2,2-5H3/t15-/m1/s1. The zero-order valence-electron chi connectivity index (χ0n) is 10.8. The average Bonchev–Trinajstić information content (AvgIpc) is 2.33. The molecule has 0 fully saturated rings. The van der Waals surface area contributed by atoms with Crippen LogP contribution in [-0.2, 0) is 6.42 Å². The molecule has 2 rings (SSSR count). The van der Waals surface area contributed by atoms with Crippen molar-refractivity contribution < 1.29 is 9.84 Å². The Morgan fingerprint density at radius 3 is 2.47 bits per heavy atom. The molecule has 17 heavy (non-hydrogen) atoms. The van der Waals surface area contributed by atoms with Crippen LogP contribution in [0.4, 0.5) is 0 Å². The zero-order valence-corrected chi connectivity index (χ0v) is 10.8. The van der Waals surface area contributed by atoms with E-state index in [1.165, 1.54) is 0 Å². The molecule has 0 saturated carbocycles. The van der Waals surface area contributed by atoms with Crippen LogP contribution in [0.2, 0.25) is 0 Å². The first kappa shape index (κ1) is 11.9. The van der Waals surface area contributed by atoms with Gasteiger partial charge >= 0.3 is 0 Å². The number of terminal acetylenes is 1. The molecular formula is C15H18O2. The number of aromatic hydroxyl groups is 1. The van der Waals surface area contributed by atoms with Crippen molar-refractivity contribution in [2.24, 2.45) is 0 Å². The van der Waals surface area contributed by atoms with E-state index in [1.54, 1.807) is 0 Å². The average molecular weight is 230 g/mol. The minimum atomic E-state index is -0.520. The molecule has 0 radical (unpaired) electrons. The van der Waals surface area contributed by atoms with Gasteiger partial charge in [0.25, 0.3) is 0 Å². The first-order chi connectivity index (χ1) is 7.89. The van der Waals surface area contributed by atoms with Crippen molar-refractivity contribution in [1.82, 2.24) is 0 Å². The Labute approximate surface area is 103 Å². The first-order valence-corrected chi connectivity index (χ1v) is 5.88. The smallest absolute Gasteiger partial charge is 0.166 e. The highest BCUT2D eigenvalue weighted by Crippen LogP contribution is 2.42. The van der Waals surface area contributed by atoms with Crippen molar-refractivity contribution in [2.45, 2.75) is 46.1 Å². The SMILES string of the molecule is C#C[C@]1(C)CCc2c(C)c(O)c(C)c(C)c2O1. The lowest BCUT2D eigenvalue weighted by atomic mass is 9.87. The van der Waals surface area contributed by atoms with Gasteiger partial charge in [0, 0.05) is 12.0 Å². The highest BCUT2D eigenvalue weighted by Gasteiger charge is 2.32. The van der Waals surface area contributed by atoms with Gasteiger partial charge in [-0.1, -0.05) is 5.92 Å². The van der Waals surface area contributed by atoms with E-state index < -0.39 is 5.60 Å². The molecule has 0 aromatic heterocycles. The van der Waals surface area contributed by atoms with Gasteiger partial charge in [0.2, 0.25) is 0 Å². The van der Waals surface area contributed by atoms with Crippen LogP contribution in [-0.4, -0.2) is 10.7 Å². The molecule has 1 aromatic rings. The van der Waals surface area contributed by atoms with Crippen molar-refractivity contribution >= 4 is 0 Å². The second-order valence-corrected chi connectivity index (χ2v) is 5.01. The van der Waals surface area contributed by atoms with E-state index in [0.29, 0.717) is 5.75 Å². The van der Waals surface area contributed by atoms with Crippen LogP contribution in [0.3, 0.4) is 0 Å². The highest BCUT2D eigenvalue weighted by atomic mass is 16.5. The molecule has 1 N–H and O–H groups in total. The maximum Gasteiger partial charge on any atom is 0.166 e. The van der Waals surface area contributed by atoms with Crippen molar-refractivity contribution in [1.29, 1.82) is 0 Å². The summed E-state index contributed by atoms with van der Waals surface area (Å²) in [5.74, 6) is 3.97. The third kappa shape index (κ3) is 1.67. The molecule has 2 nitrogen and oxygen atoms in total. The van der Waals surface area contributed by atoms with Crippen LogP contribution in [0, 0.1) is 33.1 Å². The minimum absolute atomic E-state index is 0.383. The van der Waals surface area contributed by atoms with Crippen LogP contribution in [0.25, 0.3) is 0 Å². The number of benzene rings is 1. The Morgan fingerprint density at radius 1 is 1.24 bits per heavy atom. The molecule has 1 heterocycles. The van der Waals surface area contributed by atoms with Crippen molar-refractivity contribution in [3.63, 3.8) is 0 Å². The van der Waals surface area contributed by atoms with E-state index in [9.17, 15) is 5.11 Å². The van der Waals surface area contributed by atoms with E-state index in [2.05, 4.69) is 5.92 Å². The summed E-state index contributed by atoms with van der Waals surface area (Å²) in [6.45, 7) is 7.74. The fourth-order valence-corrected chi connectivity index (χ4v) is 2.35. The van der Waals surface area contributed by atoms with E-state index >= 15 is 0 Å². The summed E-state index contributed by atoms with van der Waals surface area (Å²) in [6, 6.07) is 0. The Balaban J connectivity index is 2.64. The molecule has 2 heteroatoms. The molecule has 1 aliphatic rings. The van der Waals surface area contributed by atoms with E-state index in [0.717, 1.165) is 40.8 Å². The molecule has 1 atom stereocenters.